The quantitative estimate of drug-likeness (QED) is 0.448. The molecule has 0 radical (unpaired) electrons. The number of ether oxygens (including phenoxy) is 1. The second-order valence-electron chi connectivity index (χ2n) is 9.11. The van der Waals surface area contributed by atoms with Crippen LogP contribution in [0.3, 0.4) is 0 Å². The summed E-state index contributed by atoms with van der Waals surface area (Å²) in [5, 5.41) is 17.7. The van der Waals surface area contributed by atoms with Crippen LogP contribution >= 0.6 is 0 Å². The molecule has 1 aromatic carbocycles. The Labute approximate surface area is 214 Å². The molecule has 0 bridgehead atoms. The number of nitrogens with one attached hydrogen (secondary N) is 2. The van der Waals surface area contributed by atoms with Gasteiger partial charge in [0.1, 0.15) is 16.9 Å². The summed E-state index contributed by atoms with van der Waals surface area (Å²) in [6.45, 7) is 0.789. The maximum absolute atomic E-state index is 12.9. The minimum Gasteiger partial charge on any atom is -0.375 e. The first-order chi connectivity index (χ1) is 17.6. The van der Waals surface area contributed by atoms with Crippen LogP contribution in [0.1, 0.15) is 19.3 Å². The fourth-order valence-corrected chi connectivity index (χ4v) is 5.68. The summed E-state index contributed by atoms with van der Waals surface area (Å²) in [6.07, 6.45) is 2.53. The number of likely N-dealkylation sites (tertiary alicyclic amines) is 1. The van der Waals surface area contributed by atoms with E-state index in [4.69, 9.17) is 9.84 Å². The molecule has 1 fully saturated rings. The van der Waals surface area contributed by atoms with Crippen molar-refractivity contribution in [3.05, 3.63) is 46.9 Å². The lowest BCUT2D eigenvalue weighted by Crippen LogP contribution is -2.49. The second kappa shape index (κ2) is 10.3. The Morgan fingerprint density at radius 2 is 1.97 bits per heavy atom. The van der Waals surface area contributed by atoms with Crippen LogP contribution in [0.25, 0.3) is 10.9 Å². The average Bonchev–Trinajstić information content (AvgIpc) is 3.25. The van der Waals surface area contributed by atoms with Crippen LogP contribution in [-0.4, -0.2) is 79.2 Å². The monoisotopic (exact) mass is 527 g/mol. The van der Waals surface area contributed by atoms with Gasteiger partial charge in [-0.2, -0.15) is 10.4 Å². The van der Waals surface area contributed by atoms with Gasteiger partial charge in [0, 0.05) is 40.5 Å². The van der Waals surface area contributed by atoms with Crippen molar-refractivity contribution in [1.29, 1.82) is 5.26 Å². The molecular formula is C24H29N7O5S. The number of hydrogen-bond acceptors (Lipinski definition) is 8. The maximum Gasteiger partial charge on any atom is 0.261 e. The summed E-state index contributed by atoms with van der Waals surface area (Å²) < 4.78 is 33.6. The number of piperidine rings is 1. The van der Waals surface area contributed by atoms with Gasteiger partial charge in [-0.15, -0.1) is 0 Å². The first-order valence-electron chi connectivity index (χ1n) is 11.7. The van der Waals surface area contributed by atoms with Gasteiger partial charge in [0.25, 0.3) is 5.56 Å². The SMILES string of the molecule is COCC(=O)N1CCC(CC#N)(n2nc(Nc3ccccc3S(=O)(=O)N(C)C)c3c(=O)[nH]ccc32)CC1. The van der Waals surface area contributed by atoms with Crippen molar-refractivity contribution >= 4 is 38.3 Å². The number of nitriles is 1. The van der Waals surface area contributed by atoms with E-state index in [9.17, 15) is 23.3 Å². The molecule has 1 aliphatic heterocycles. The molecule has 0 spiro atoms. The number of pyridine rings is 1. The Balaban J connectivity index is 1.81. The highest BCUT2D eigenvalue weighted by Crippen LogP contribution is 2.38. The van der Waals surface area contributed by atoms with Crippen LogP contribution in [-0.2, 0) is 25.1 Å². The van der Waals surface area contributed by atoms with Gasteiger partial charge in [0.05, 0.1) is 29.2 Å². The van der Waals surface area contributed by atoms with E-state index in [-0.39, 0.29) is 40.7 Å². The first-order valence-corrected chi connectivity index (χ1v) is 13.1. The van der Waals surface area contributed by atoms with Crippen molar-refractivity contribution in [1.82, 2.24) is 24.0 Å². The summed E-state index contributed by atoms with van der Waals surface area (Å²) in [6, 6.07) is 10.3. The molecule has 2 N–H and O–H groups in total. The fourth-order valence-electron chi connectivity index (χ4n) is 4.64. The van der Waals surface area contributed by atoms with Gasteiger partial charge in [0.2, 0.25) is 15.9 Å². The predicted molar refractivity (Wildman–Crippen MR) is 137 cm³/mol. The third-order valence-corrected chi connectivity index (χ3v) is 8.55. The minimum atomic E-state index is -3.78. The van der Waals surface area contributed by atoms with E-state index in [2.05, 4.69) is 16.4 Å². The van der Waals surface area contributed by atoms with Gasteiger partial charge in [-0.1, -0.05) is 12.1 Å². The van der Waals surface area contributed by atoms with Crippen molar-refractivity contribution in [2.24, 2.45) is 0 Å². The number of hydrogen-bond donors (Lipinski definition) is 2. The van der Waals surface area contributed by atoms with Crippen molar-refractivity contribution < 1.29 is 17.9 Å². The average molecular weight is 528 g/mol. The molecule has 1 saturated heterocycles. The third kappa shape index (κ3) is 4.83. The van der Waals surface area contributed by atoms with E-state index in [1.165, 1.54) is 33.5 Å². The summed E-state index contributed by atoms with van der Waals surface area (Å²) in [5.74, 6) is 0.0457. The topological polar surface area (TPSA) is 153 Å². The van der Waals surface area contributed by atoms with E-state index < -0.39 is 21.1 Å². The number of nitrogens with zero attached hydrogens (tertiary/aromatic N) is 5. The normalized spacial score (nSPS) is 15.6. The second-order valence-corrected chi connectivity index (χ2v) is 11.2. The zero-order chi connectivity index (χ0) is 26.8. The van der Waals surface area contributed by atoms with Gasteiger partial charge in [-0.05, 0) is 31.0 Å². The maximum atomic E-state index is 12.9. The van der Waals surface area contributed by atoms with Gasteiger partial charge in [0.15, 0.2) is 5.82 Å². The number of H-pyrrole nitrogens is 1. The number of aromatic amines is 1. The first kappa shape index (κ1) is 26.3. The number of fused-ring (bicyclic) bond motifs is 1. The van der Waals surface area contributed by atoms with Crippen molar-refractivity contribution in [2.45, 2.75) is 29.7 Å². The molecule has 196 valence electrons. The molecule has 3 aromatic rings. The molecule has 37 heavy (non-hydrogen) atoms. The van der Waals surface area contributed by atoms with Crippen LogP contribution in [0.2, 0.25) is 0 Å². The van der Waals surface area contributed by atoms with E-state index in [0.717, 1.165) is 4.31 Å². The number of para-hydroxylation sites is 1. The lowest BCUT2D eigenvalue weighted by Gasteiger charge is -2.41. The smallest absolute Gasteiger partial charge is 0.261 e. The fraction of sp³-hybridized carbons (Fsp3) is 0.417. The molecule has 0 aliphatic carbocycles. The molecule has 13 heteroatoms. The largest absolute Gasteiger partial charge is 0.375 e. The summed E-state index contributed by atoms with van der Waals surface area (Å²) in [7, 11) is 0.561. The molecule has 3 heterocycles. The summed E-state index contributed by atoms with van der Waals surface area (Å²) in [4.78, 5) is 29.7. The number of amides is 1. The van der Waals surface area contributed by atoms with Crippen molar-refractivity contribution in [3.63, 3.8) is 0 Å². The Morgan fingerprint density at radius 3 is 2.62 bits per heavy atom. The Morgan fingerprint density at radius 1 is 1.27 bits per heavy atom. The Bertz CT molecular complexity index is 1510. The van der Waals surface area contributed by atoms with Crippen LogP contribution in [0.4, 0.5) is 11.5 Å². The molecule has 0 atom stereocenters. The van der Waals surface area contributed by atoms with Crippen LogP contribution < -0.4 is 10.9 Å². The number of sulfonamides is 1. The van der Waals surface area contributed by atoms with Gasteiger partial charge < -0.3 is 19.9 Å². The predicted octanol–water partition coefficient (Wildman–Crippen LogP) is 1.60. The summed E-state index contributed by atoms with van der Waals surface area (Å²) >= 11 is 0. The highest BCUT2D eigenvalue weighted by Gasteiger charge is 2.40. The van der Waals surface area contributed by atoms with E-state index >= 15 is 0 Å². The van der Waals surface area contributed by atoms with Crippen LogP contribution in [0.15, 0.2) is 46.2 Å². The Hall–Kier alpha value is -3.73. The van der Waals surface area contributed by atoms with Crippen LogP contribution in [0, 0.1) is 11.3 Å². The number of carbonyl (C=O) groups is 1. The summed E-state index contributed by atoms with van der Waals surface area (Å²) in [5.41, 5.74) is -0.398. The highest BCUT2D eigenvalue weighted by molar-refractivity contribution is 7.89. The highest BCUT2D eigenvalue weighted by atomic mass is 32.2. The van der Waals surface area contributed by atoms with Crippen molar-refractivity contribution in [2.75, 3.05) is 46.2 Å². The van der Waals surface area contributed by atoms with E-state index in [1.807, 2.05) is 0 Å². The van der Waals surface area contributed by atoms with E-state index in [1.54, 1.807) is 33.8 Å². The lowest BCUT2D eigenvalue weighted by atomic mass is 9.84. The van der Waals surface area contributed by atoms with E-state index in [0.29, 0.717) is 31.4 Å². The Kier molecular flexibility index (Phi) is 7.35. The molecule has 0 saturated carbocycles. The molecule has 4 rings (SSSR count). The number of rotatable bonds is 8. The molecule has 2 aromatic heterocycles. The van der Waals surface area contributed by atoms with Crippen molar-refractivity contribution in [3.8, 4) is 6.07 Å². The number of benzene rings is 1. The number of methoxy groups -OCH3 is 1. The van der Waals surface area contributed by atoms with Gasteiger partial charge in [-0.25, -0.2) is 12.7 Å². The number of anilines is 2. The molecular weight excluding hydrogens is 498 g/mol. The minimum absolute atomic E-state index is 0.0192. The zero-order valence-corrected chi connectivity index (χ0v) is 21.7. The molecule has 1 aliphatic rings. The number of carbonyl (C=O) groups excluding carboxylic acids is 1. The lowest BCUT2D eigenvalue weighted by molar-refractivity contribution is -0.137. The van der Waals surface area contributed by atoms with Gasteiger partial charge >= 0.3 is 0 Å². The zero-order valence-electron chi connectivity index (χ0n) is 20.9. The van der Waals surface area contributed by atoms with Crippen LogP contribution in [0.5, 0.6) is 0 Å². The molecule has 0 unspecified atom stereocenters. The number of aromatic nitrogens is 3. The molecule has 1 amide bonds. The molecule has 12 nitrogen and oxygen atoms in total. The van der Waals surface area contributed by atoms with Gasteiger partial charge in [-0.3, -0.25) is 14.3 Å². The third-order valence-electron chi connectivity index (χ3n) is 6.67. The standard InChI is InChI=1S/C24H29N7O5S/c1-29(2)37(34,35)19-7-5-4-6-17(19)27-22-21-18(8-13-26-23(21)33)31(28-22)24(9-12-25)10-14-30(15-11-24)20(32)16-36-3/h4-8,13H,9-11,14-16H2,1-3H3,(H,26,33)(H,27,28).